The van der Waals surface area contributed by atoms with E-state index in [2.05, 4.69) is 5.32 Å². The summed E-state index contributed by atoms with van der Waals surface area (Å²) in [6.07, 6.45) is 0. The van der Waals surface area contributed by atoms with Crippen LogP contribution in [0.4, 0.5) is 10.1 Å². The molecule has 0 heterocycles. The molecule has 0 aliphatic heterocycles. The lowest BCUT2D eigenvalue weighted by Gasteiger charge is -2.13. The number of hydrogen-bond acceptors (Lipinski definition) is 4. The number of halogens is 1. The molecule has 2 rings (SSSR count). The fourth-order valence-electron chi connectivity index (χ4n) is 2.21. The van der Waals surface area contributed by atoms with Crippen molar-refractivity contribution in [2.45, 2.75) is 13.8 Å². The van der Waals surface area contributed by atoms with E-state index >= 15 is 0 Å². The molecule has 5 nitrogen and oxygen atoms in total. The largest absolute Gasteiger partial charge is 0.492 e. The Bertz CT molecular complexity index is 843. The first kappa shape index (κ1) is 18.1. The first-order valence-corrected chi connectivity index (χ1v) is 7.70. The number of nitrogens with zero attached hydrogens (tertiary/aromatic N) is 1. The summed E-state index contributed by atoms with van der Waals surface area (Å²) in [5.41, 5.74) is 0.709. The molecule has 0 bridgehead atoms. The van der Waals surface area contributed by atoms with E-state index < -0.39 is 23.4 Å². The third kappa shape index (κ3) is 4.21. The maximum atomic E-state index is 13.6. The van der Waals surface area contributed by atoms with Crippen LogP contribution in [0.3, 0.4) is 0 Å². The molecular formula is C19H17FN2O3. The van der Waals surface area contributed by atoms with Crippen molar-refractivity contribution in [2.75, 3.05) is 11.9 Å². The average Bonchev–Trinajstić information content (AvgIpc) is 2.60. The van der Waals surface area contributed by atoms with Gasteiger partial charge in [0.1, 0.15) is 11.6 Å². The molecule has 0 aromatic heterocycles. The molecule has 0 radical (unpaired) electrons. The van der Waals surface area contributed by atoms with Gasteiger partial charge in [-0.05, 0) is 37.6 Å². The Hall–Kier alpha value is -3.20. The van der Waals surface area contributed by atoms with Crippen molar-refractivity contribution >= 4 is 17.4 Å². The number of carbonyl (C=O) groups is 2. The van der Waals surface area contributed by atoms with E-state index in [-0.39, 0.29) is 5.56 Å². The lowest BCUT2D eigenvalue weighted by atomic mass is 9.97. The van der Waals surface area contributed by atoms with Crippen molar-refractivity contribution in [1.82, 2.24) is 0 Å². The number of para-hydroxylation sites is 2. The predicted molar refractivity (Wildman–Crippen MR) is 90.8 cm³/mol. The van der Waals surface area contributed by atoms with Crippen molar-refractivity contribution in [3.8, 4) is 11.8 Å². The molecule has 128 valence electrons. The normalized spacial score (nSPS) is 11.3. The van der Waals surface area contributed by atoms with E-state index in [0.717, 1.165) is 6.07 Å². The van der Waals surface area contributed by atoms with E-state index in [1.165, 1.54) is 12.1 Å². The molecule has 2 aromatic carbocycles. The molecular weight excluding hydrogens is 323 g/mol. The van der Waals surface area contributed by atoms with E-state index in [1.807, 2.05) is 0 Å². The Morgan fingerprint density at radius 1 is 1.28 bits per heavy atom. The van der Waals surface area contributed by atoms with Crippen molar-refractivity contribution in [3.63, 3.8) is 0 Å². The van der Waals surface area contributed by atoms with Crippen LogP contribution in [0.15, 0.2) is 42.5 Å². The van der Waals surface area contributed by atoms with E-state index in [9.17, 15) is 19.2 Å². The lowest BCUT2D eigenvalue weighted by Crippen LogP contribution is -2.29. The number of amides is 1. The van der Waals surface area contributed by atoms with Gasteiger partial charge in [0.05, 0.1) is 18.4 Å². The van der Waals surface area contributed by atoms with Crippen LogP contribution in [0.1, 0.15) is 22.8 Å². The fourth-order valence-corrected chi connectivity index (χ4v) is 2.21. The van der Waals surface area contributed by atoms with Crippen LogP contribution in [0.2, 0.25) is 0 Å². The van der Waals surface area contributed by atoms with Crippen LogP contribution >= 0.6 is 0 Å². The highest BCUT2D eigenvalue weighted by Gasteiger charge is 2.28. The number of nitriles is 1. The van der Waals surface area contributed by atoms with Gasteiger partial charge in [0.25, 0.3) is 0 Å². The number of ketones is 1. The molecule has 1 unspecified atom stereocenters. The van der Waals surface area contributed by atoms with Gasteiger partial charge in [0, 0.05) is 5.56 Å². The number of anilines is 1. The second kappa shape index (κ2) is 8.06. The highest BCUT2D eigenvalue weighted by molar-refractivity contribution is 6.15. The summed E-state index contributed by atoms with van der Waals surface area (Å²) in [5, 5.41) is 11.8. The quantitative estimate of drug-likeness (QED) is 0.645. The zero-order chi connectivity index (χ0) is 18.4. The van der Waals surface area contributed by atoms with Gasteiger partial charge in [0.15, 0.2) is 11.7 Å². The van der Waals surface area contributed by atoms with Gasteiger partial charge in [-0.3, -0.25) is 9.59 Å². The average molecular weight is 340 g/mol. The van der Waals surface area contributed by atoms with Gasteiger partial charge >= 0.3 is 0 Å². The molecule has 0 saturated heterocycles. The molecule has 6 heteroatoms. The standard InChI is InChI=1S/C19H17FN2O3/c1-3-25-17-7-5-4-6-16(17)22-19(24)14(11-21)18(23)13-9-8-12(2)15(20)10-13/h4-10,14H,3H2,1-2H3,(H,22,24). The van der Waals surface area contributed by atoms with Crippen LogP contribution in [-0.2, 0) is 4.79 Å². The summed E-state index contributed by atoms with van der Waals surface area (Å²) in [5.74, 6) is -3.27. The number of benzene rings is 2. The molecule has 1 amide bonds. The third-order valence-electron chi connectivity index (χ3n) is 3.55. The second-order valence-corrected chi connectivity index (χ2v) is 5.31. The first-order chi connectivity index (χ1) is 12.0. The number of nitrogens with one attached hydrogen (secondary N) is 1. The van der Waals surface area contributed by atoms with Crippen molar-refractivity contribution in [2.24, 2.45) is 5.92 Å². The Morgan fingerprint density at radius 2 is 2.00 bits per heavy atom. The van der Waals surface area contributed by atoms with Crippen LogP contribution in [0.25, 0.3) is 0 Å². The maximum absolute atomic E-state index is 13.6. The summed E-state index contributed by atoms with van der Waals surface area (Å²) < 4.78 is 19.0. The molecule has 1 N–H and O–H groups in total. The smallest absolute Gasteiger partial charge is 0.249 e. The number of rotatable bonds is 6. The Morgan fingerprint density at radius 3 is 2.64 bits per heavy atom. The minimum Gasteiger partial charge on any atom is -0.492 e. The summed E-state index contributed by atoms with van der Waals surface area (Å²) in [6.45, 7) is 3.75. The molecule has 2 aromatic rings. The number of hydrogen-bond donors (Lipinski definition) is 1. The van der Waals surface area contributed by atoms with E-state index in [0.29, 0.717) is 23.6 Å². The Balaban J connectivity index is 2.23. The van der Waals surface area contributed by atoms with Gasteiger partial charge in [-0.1, -0.05) is 24.3 Å². The predicted octanol–water partition coefficient (Wildman–Crippen LogP) is 3.49. The molecule has 0 aliphatic carbocycles. The Kier molecular flexibility index (Phi) is 5.85. The molecule has 1 atom stereocenters. The third-order valence-corrected chi connectivity index (χ3v) is 3.55. The van der Waals surface area contributed by atoms with Crippen LogP contribution in [0, 0.1) is 30.0 Å². The van der Waals surface area contributed by atoms with Crippen molar-refractivity contribution < 1.29 is 18.7 Å². The highest BCUT2D eigenvalue weighted by Crippen LogP contribution is 2.24. The Labute approximate surface area is 145 Å². The monoisotopic (exact) mass is 340 g/mol. The van der Waals surface area contributed by atoms with Gasteiger partial charge < -0.3 is 10.1 Å². The zero-order valence-electron chi connectivity index (χ0n) is 13.9. The van der Waals surface area contributed by atoms with Gasteiger partial charge in [-0.15, -0.1) is 0 Å². The first-order valence-electron chi connectivity index (χ1n) is 7.70. The van der Waals surface area contributed by atoms with Gasteiger partial charge in [-0.25, -0.2) is 4.39 Å². The number of aryl methyl sites for hydroxylation is 1. The van der Waals surface area contributed by atoms with Crippen LogP contribution in [0.5, 0.6) is 5.75 Å². The zero-order valence-corrected chi connectivity index (χ0v) is 13.9. The summed E-state index contributed by atoms with van der Waals surface area (Å²) >= 11 is 0. The lowest BCUT2D eigenvalue weighted by molar-refractivity contribution is -0.117. The summed E-state index contributed by atoms with van der Waals surface area (Å²) in [7, 11) is 0. The summed E-state index contributed by atoms with van der Waals surface area (Å²) in [6, 6.07) is 12.2. The number of Topliss-reactive ketones (excluding diaryl/α,β-unsaturated/α-hetero) is 1. The van der Waals surface area contributed by atoms with Crippen molar-refractivity contribution in [3.05, 3.63) is 59.4 Å². The van der Waals surface area contributed by atoms with Crippen molar-refractivity contribution in [1.29, 1.82) is 5.26 Å². The molecule has 0 saturated carbocycles. The summed E-state index contributed by atoms with van der Waals surface area (Å²) in [4.78, 5) is 24.8. The number of ether oxygens (including phenoxy) is 1. The highest BCUT2D eigenvalue weighted by atomic mass is 19.1. The van der Waals surface area contributed by atoms with E-state index in [4.69, 9.17) is 4.74 Å². The molecule has 25 heavy (non-hydrogen) atoms. The van der Waals surface area contributed by atoms with Gasteiger partial charge in [-0.2, -0.15) is 5.26 Å². The fraction of sp³-hybridized carbons (Fsp3) is 0.211. The van der Waals surface area contributed by atoms with Crippen LogP contribution in [-0.4, -0.2) is 18.3 Å². The SMILES string of the molecule is CCOc1ccccc1NC(=O)C(C#N)C(=O)c1ccc(C)c(F)c1. The molecule has 0 spiro atoms. The molecule has 0 fully saturated rings. The second-order valence-electron chi connectivity index (χ2n) is 5.31. The maximum Gasteiger partial charge on any atom is 0.249 e. The minimum atomic E-state index is -1.59. The topological polar surface area (TPSA) is 79.2 Å². The van der Waals surface area contributed by atoms with Gasteiger partial charge in [0.2, 0.25) is 5.91 Å². The number of carbonyl (C=O) groups excluding carboxylic acids is 2. The minimum absolute atomic E-state index is 0.0251. The van der Waals surface area contributed by atoms with E-state index in [1.54, 1.807) is 44.2 Å². The van der Waals surface area contributed by atoms with Crippen LogP contribution < -0.4 is 10.1 Å². The molecule has 0 aliphatic rings.